The molecule has 5 N–H and O–H groups in total. The monoisotopic (exact) mass is 424 g/mol. The van der Waals surface area contributed by atoms with Crippen LogP contribution in [0.25, 0.3) is 0 Å². The fraction of sp³-hybridized carbons (Fsp3) is 0.417. The molecule has 2 unspecified atom stereocenters. The van der Waals surface area contributed by atoms with Crippen molar-refractivity contribution in [1.29, 1.82) is 5.41 Å². The van der Waals surface area contributed by atoms with Crippen molar-refractivity contribution in [3.05, 3.63) is 59.2 Å². The van der Waals surface area contributed by atoms with E-state index in [0.29, 0.717) is 28.6 Å². The van der Waals surface area contributed by atoms with Gasteiger partial charge in [0.2, 0.25) is 0 Å². The molecule has 0 saturated carbocycles. The van der Waals surface area contributed by atoms with E-state index in [4.69, 9.17) is 15.9 Å². The Morgan fingerprint density at radius 2 is 2.00 bits per heavy atom. The minimum Gasteiger partial charge on any atom is -0.489 e. The van der Waals surface area contributed by atoms with Gasteiger partial charge in [0.05, 0.1) is 0 Å². The second-order valence-electron chi connectivity index (χ2n) is 8.25. The molecule has 2 atom stereocenters. The first-order valence-corrected chi connectivity index (χ1v) is 10.8. The zero-order valence-electron chi connectivity index (χ0n) is 18.4. The van der Waals surface area contributed by atoms with Crippen molar-refractivity contribution in [2.24, 2.45) is 5.73 Å². The number of nitrogens with zero attached hydrogens (tertiary/aromatic N) is 1. The lowest BCUT2D eigenvalue weighted by molar-refractivity contribution is -0.138. The molecular formula is C24H32N4O3. The van der Waals surface area contributed by atoms with Gasteiger partial charge in [-0.05, 0) is 68.7 Å². The summed E-state index contributed by atoms with van der Waals surface area (Å²) in [6, 6.07) is 12.2. The quantitative estimate of drug-likeness (QED) is 0.361. The predicted octanol–water partition coefficient (Wildman–Crippen LogP) is 3.63. The molecule has 31 heavy (non-hydrogen) atoms. The zero-order valence-corrected chi connectivity index (χ0v) is 18.4. The van der Waals surface area contributed by atoms with Crippen LogP contribution in [0.4, 0.5) is 5.69 Å². The molecule has 166 valence electrons. The Hall–Kier alpha value is -3.06. The number of hydrogen-bond acceptors (Lipinski definition) is 5. The molecule has 1 fully saturated rings. The summed E-state index contributed by atoms with van der Waals surface area (Å²) in [5.41, 5.74) is 8.41. The summed E-state index contributed by atoms with van der Waals surface area (Å²) in [6.45, 7) is 8.20. The normalized spacial score (nSPS) is 17.5. The van der Waals surface area contributed by atoms with E-state index < -0.39 is 12.0 Å². The number of carboxylic acid groups (broad SMARTS) is 1. The number of anilines is 1. The summed E-state index contributed by atoms with van der Waals surface area (Å²) in [5.74, 6) is -0.406. The molecule has 2 aromatic carbocycles. The van der Waals surface area contributed by atoms with E-state index in [2.05, 4.69) is 24.1 Å². The first-order valence-electron chi connectivity index (χ1n) is 10.8. The number of nitrogens with two attached hydrogens (primary N) is 1. The number of carbonyl (C=O) groups is 1. The Balaban J connectivity index is 1.87. The van der Waals surface area contributed by atoms with Gasteiger partial charge in [-0.1, -0.05) is 13.0 Å². The van der Waals surface area contributed by atoms with Crippen LogP contribution in [0.3, 0.4) is 0 Å². The van der Waals surface area contributed by atoms with E-state index in [1.165, 1.54) is 0 Å². The lowest BCUT2D eigenvalue weighted by Crippen LogP contribution is -2.31. The molecule has 3 rings (SSSR count). The Kier molecular flexibility index (Phi) is 7.17. The number of hydrogen-bond donors (Lipinski definition) is 4. The Morgan fingerprint density at radius 3 is 2.55 bits per heavy atom. The van der Waals surface area contributed by atoms with E-state index in [9.17, 15) is 9.90 Å². The van der Waals surface area contributed by atoms with Gasteiger partial charge in [0.1, 0.15) is 17.7 Å². The molecule has 0 radical (unpaired) electrons. The molecule has 0 amide bonds. The van der Waals surface area contributed by atoms with Crippen LogP contribution in [-0.4, -0.2) is 47.0 Å². The molecule has 0 spiro atoms. The van der Waals surface area contributed by atoms with Crippen LogP contribution in [0, 0.1) is 5.41 Å². The maximum absolute atomic E-state index is 12.2. The van der Waals surface area contributed by atoms with Crippen LogP contribution in [-0.2, 0) is 11.2 Å². The van der Waals surface area contributed by atoms with Crippen molar-refractivity contribution < 1.29 is 14.6 Å². The molecule has 7 nitrogen and oxygen atoms in total. The zero-order chi connectivity index (χ0) is 22.5. The van der Waals surface area contributed by atoms with Crippen LogP contribution in [0.1, 0.15) is 49.9 Å². The summed E-state index contributed by atoms with van der Waals surface area (Å²) in [6.07, 6.45) is 1.76. The van der Waals surface area contributed by atoms with Gasteiger partial charge in [0, 0.05) is 35.9 Å². The standard InChI is InChI=1S/C24H32N4O3/c1-4-16-5-10-21(31-19-11-12-28(14-19)15(2)3)20(13-16)22(24(29)30)27-18-8-6-17(7-9-18)23(25)26/h5-10,13,15,19,22,27H,4,11-12,14H2,1-3H3,(H3,25,26)(H,29,30). The van der Waals surface area contributed by atoms with Crippen molar-refractivity contribution in [3.63, 3.8) is 0 Å². The van der Waals surface area contributed by atoms with E-state index in [0.717, 1.165) is 31.5 Å². The third-order valence-corrected chi connectivity index (χ3v) is 5.75. The smallest absolute Gasteiger partial charge is 0.330 e. The minimum absolute atomic E-state index is 0.0281. The summed E-state index contributed by atoms with van der Waals surface area (Å²) in [7, 11) is 0. The Labute approximate surface area is 183 Å². The van der Waals surface area contributed by atoms with E-state index >= 15 is 0 Å². The van der Waals surface area contributed by atoms with Gasteiger partial charge in [0.25, 0.3) is 0 Å². The highest BCUT2D eigenvalue weighted by Crippen LogP contribution is 2.32. The van der Waals surface area contributed by atoms with Gasteiger partial charge in [-0.3, -0.25) is 10.3 Å². The number of nitrogens with one attached hydrogen (secondary N) is 2. The first kappa shape index (κ1) is 22.6. The number of ether oxygens (including phenoxy) is 1. The molecule has 1 aliphatic rings. The van der Waals surface area contributed by atoms with E-state index in [1.807, 2.05) is 25.1 Å². The second-order valence-corrected chi connectivity index (χ2v) is 8.25. The van der Waals surface area contributed by atoms with Crippen molar-refractivity contribution in [3.8, 4) is 5.75 Å². The van der Waals surface area contributed by atoms with Gasteiger partial charge in [-0.25, -0.2) is 4.79 Å². The van der Waals surface area contributed by atoms with Crippen LogP contribution in [0.2, 0.25) is 0 Å². The molecular weight excluding hydrogens is 392 g/mol. The minimum atomic E-state index is -0.982. The van der Waals surface area contributed by atoms with Crippen LogP contribution in [0.15, 0.2) is 42.5 Å². The predicted molar refractivity (Wildman–Crippen MR) is 123 cm³/mol. The summed E-state index contributed by atoms with van der Waals surface area (Å²) in [5, 5.41) is 20.6. The number of benzene rings is 2. The molecule has 7 heteroatoms. The third kappa shape index (κ3) is 5.55. The third-order valence-electron chi connectivity index (χ3n) is 5.75. The van der Waals surface area contributed by atoms with Gasteiger partial charge in [-0.2, -0.15) is 0 Å². The first-order chi connectivity index (χ1) is 14.8. The van der Waals surface area contributed by atoms with Crippen LogP contribution < -0.4 is 15.8 Å². The number of aliphatic carboxylic acids is 1. The lowest BCUT2D eigenvalue weighted by Gasteiger charge is -2.24. The number of rotatable bonds is 9. The molecule has 1 aliphatic heterocycles. The SMILES string of the molecule is CCc1ccc(OC2CCN(C(C)C)C2)c(C(Nc2ccc(C(=N)N)cc2)C(=O)O)c1. The fourth-order valence-corrected chi connectivity index (χ4v) is 3.83. The van der Waals surface area contributed by atoms with Crippen LogP contribution >= 0.6 is 0 Å². The topological polar surface area (TPSA) is 112 Å². The van der Waals surface area contributed by atoms with Gasteiger partial charge in [-0.15, -0.1) is 0 Å². The fourth-order valence-electron chi connectivity index (χ4n) is 3.83. The Bertz CT molecular complexity index is 927. The van der Waals surface area contributed by atoms with Gasteiger partial charge in [0.15, 0.2) is 6.04 Å². The highest BCUT2D eigenvalue weighted by molar-refractivity contribution is 5.95. The van der Waals surface area contributed by atoms with Crippen molar-refractivity contribution in [1.82, 2.24) is 4.90 Å². The largest absolute Gasteiger partial charge is 0.489 e. The number of nitrogen functional groups attached to an aromatic ring is 1. The molecule has 0 bridgehead atoms. The van der Waals surface area contributed by atoms with Crippen LogP contribution in [0.5, 0.6) is 5.75 Å². The second kappa shape index (κ2) is 9.83. The average Bonchev–Trinajstić information content (AvgIpc) is 3.21. The molecule has 1 saturated heterocycles. The highest BCUT2D eigenvalue weighted by Gasteiger charge is 2.29. The van der Waals surface area contributed by atoms with Crippen molar-refractivity contribution in [2.75, 3.05) is 18.4 Å². The Morgan fingerprint density at radius 1 is 1.29 bits per heavy atom. The maximum Gasteiger partial charge on any atom is 0.330 e. The van der Waals surface area contributed by atoms with Gasteiger partial charge < -0.3 is 20.9 Å². The highest BCUT2D eigenvalue weighted by atomic mass is 16.5. The average molecular weight is 425 g/mol. The van der Waals surface area contributed by atoms with Crippen molar-refractivity contribution in [2.45, 2.75) is 51.8 Å². The number of amidine groups is 1. The molecule has 2 aromatic rings. The number of carboxylic acids is 1. The maximum atomic E-state index is 12.2. The summed E-state index contributed by atoms with van der Waals surface area (Å²) in [4.78, 5) is 14.6. The molecule has 1 heterocycles. The van der Waals surface area contributed by atoms with E-state index in [-0.39, 0.29) is 11.9 Å². The summed E-state index contributed by atoms with van der Waals surface area (Å²) < 4.78 is 6.32. The van der Waals surface area contributed by atoms with Gasteiger partial charge >= 0.3 is 5.97 Å². The molecule has 0 aromatic heterocycles. The molecule has 0 aliphatic carbocycles. The number of aryl methyl sites for hydroxylation is 1. The van der Waals surface area contributed by atoms with E-state index in [1.54, 1.807) is 24.3 Å². The number of likely N-dealkylation sites (tertiary alicyclic amines) is 1. The lowest BCUT2D eigenvalue weighted by atomic mass is 10.0. The summed E-state index contributed by atoms with van der Waals surface area (Å²) >= 11 is 0. The van der Waals surface area contributed by atoms with Crippen molar-refractivity contribution >= 4 is 17.5 Å².